The Kier molecular flexibility index (Phi) is 7.63. The van der Waals surface area contributed by atoms with Crippen LogP contribution < -0.4 is 5.73 Å². The zero-order valence-corrected chi connectivity index (χ0v) is 8.41. The van der Waals surface area contributed by atoms with Crippen molar-refractivity contribution in [3.05, 3.63) is 0 Å². The molecule has 0 spiro atoms. The number of rotatable bonds is 8. The van der Waals surface area contributed by atoms with Gasteiger partial charge in [0, 0.05) is 13.0 Å². The Balaban J connectivity index is 3.19. The van der Waals surface area contributed by atoms with Crippen molar-refractivity contribution >= 4 is 5.91 Å². The van der Waals surface area contributed by atoms with Crippen molar-refractivity contribution in [2.75, 3.05) is 13.2 Å². The Morgan fingerprint density at radius 2 is 2.00 bits per heavy atom. The summed E-state index contributed by atoms with van der Waals surface area (Å²) in [5.74, 6) is -0.347. The summed E-state index contributed by atoms with van der Waals surface area (Å²) < 4.78 is 10.5. The Morgan fingerprint density at radius 3 is 2.54 bits per heavy atom. The maximum Gasteiger partial charge on any atom is 0.219 e. The molecular formula is C9H19NO3. The van der Waals surface area contributed by atoms with Crippen molar-refractivity contribution in [2.45, 2.75) is 39.4 Å². The molecule has 4 nitrogen and oxygen atoms in total. The van der Waals surface area contributed by atoms with Gasteiger partial charge in [0.25, 0.3) is 0 Å². The Bertz CT molecular complexity index is 139. The molecule has 0 rings (SSSR count). The van der Waals surface area contributed by atoms with Crippen molar-refractivity contribution in [2.24, 2.45) is 5.73 Å². The number of hydrogen-bond acceptors (Lipinski definition) is 3. The highest BCUT2D eigenvalue weighted by molar-refractivity contribution is 5.73. The van der Waals surface area contributed by atoms with E-state index in [9.17, 15) is 4.79 Å². The summed E-state index contributed by atoms with van der Waals surface area (Å²) in [4.78, 5) is 10.3. The Hall–Kier alpha value is -0.610. The van der Waals surface area contributed by atoms with Crippen LogP contribution in [0.4, 0.5) is 0 Å². The summed E-state index contributed by atoms with van der Waals surface area (Å²) in [5.41, 5.74) is 4.94. The predicted molar refractivity (Wildman–Crippen MR) is 50.1 cm³/mol. The van der Waals surface area contributed by atoms with E-state index in [0.29, 0.717) is 13.2 Å². The van der Waals surface area contributed by atoms with Crippen LogP contribution in [0.25, 0.3) is 0 Å². The van der Waals surface area contributed by atoms with Gasteiger partial charge < -0.3 is 15.2 Å². The SMILES string of the molecule is CCCCOC(C)OCCC(N)=O. The maximum absolute atomic E-state index is 10.3. The van der Waals surface area contributed by atoms with Crippen LogP contribution in [0.5, 0.6) is 0 Å². The smallest absolute Gasteiger partial charge is 0.219 e. The van der Waals surface area contributed by atoms with Crippen LogP contribution in [0.2, 0.25) is 0 Å². The molecule has 4 heteroatoms. The topological polar surface area (TPSA) is 61.6 Å². The van der Waals surface area contributed by atoms with Crippen LogP contribution in [0.3, 0.4) is 0 Å². The maximum atomic E-state index is 10.3. The minimum absolute atomic E-state index is 0.245. The minimum atomic E-state index is -0.347. The molecule has 1 amide bonds. The lowest BCUT2D eigenvalue weighted by Gasteiger charge is -2.12. The largest absolute Gasteiger partial charge is 0.370 e. The second-order valence-electron chi connectivity index (χ2n) is 2.88. The molecule has 0 heterocycles. The fourth-order valence-corrected chi connectivity index (χ4v) is 0.767. The summed E-state index contributed by atoms with van der Waals surface area (Å²) in [7, 11) is 0. The molecule has 0 bridgehead atoms. The lowest BCUT2D eigenvalue weighted by atomic mass is 10.4. The summed E-state index contributed by atoms with van der Waals surface area (Å²) in [6.07, 6.45) is 2.14. The highest BCUT2D eigenvalue weighted by Gasteiger charge is 2.02. The molecule has 0 aliphatic carbocycles. The normalized spacial score (nSPS) is 12.8. The van der Waals surface area contributed by atoms with E-state index in [1.54, 1.807) is 0 Å². The lowest BCUT2D eigenvalue weighted by Crippen LogP contribution is -2.19. The number of ether oxygens (including phenoxy) is 2. The van der Waals surface area contributed by atoms with Crippen LogP contribution in [0.15, 0.2) is 0 Å². The molecule has 1 unspecified atom stereocenters. The number of carbonyl (C=O) groups excluding carboxylic acids is 1. The third-order valence-corrected chi connectivity index (χ3v) is 1.55. The molecule has 0 saturated carbocycles. The van der Waals surface area contributed by atoms with Gasteiger partial charge in [0.15, 0.2) is 6.29 Å². The van der Waals surface area contributed by atoms with Crippen LogP contribution >= 0.6 is 0 Å². The van der Waals surface area contributed by atoms with Gasteiger partial charge in [0.05, 0.1) is 6.61 Å². The molecular weight excluding hydrogens is 170 g/mol. The number of nitrogens with two attached hydrogens (primary N) is 1. The molecule has 78 valence electrons. The molecule has 0 aliphatic heterocycles. The molecule has 0 aromatic rings. The van der Waals surface area contributed by atoms with Gasteiger partial charge >= 0.3 is 0 Å². The van der Waals surface area contributed by atoms with E-state index in [1.807, 2.05) is 6.92 Å². The lowest BCUT2D eigenvalue weighted by molar-refractivity contribution is -0.137. The highest BCUT2D eigenvalue weighted by Crippen LogP contribution is 1.97. The molecule has 1 atom stereocenters. The number of hydrogen-bond donors (Lipinski definition) is 1. The van der Waals surface area contributed by atoms with E-state index >= 15 is 0 Å². The van der Waals surface area contributed by atoms with Crippen molar-refractivity contribution in [3.8, 4) is 0 Å². The van der Waals surface area contributed by atoms with Gasteiger partial charge in [-0.3, -0.25) is 4.79 Å². The van der Waals surface area contributed by atoms with Gasteiger partial charge in [-0.15, -0.1) is 0 Å². The second kappa shape index (κ2) is 8.01. The van der Waals surface area contributed by atoms with Crippen LogP contribution in [-0.2, 0) is 14.3 Å². The van der Waals surface area contributed by atoms with Crippen LogP contribution in [0.1, 0.15) is 33.1 Å². The quantitative estimate of drug-likeness (QED) is 0.458. The monoisotopic (exact) mass is 189 g/mol. The molecule has 2 N–H and O–H groups in total. The fraction of sp³-hybridized carbons (Fsp3) is 0.889. The van der Waals surface area contributed by atoms with Crippen LogP contribution in [-0.4, -0.2) is 25.4 Å². The van der Waals surface area contributed by atoms with E-state index < -0.39 is 0 Å². The van der Waals surface area contributed by atoms with E-state index in [1.165, 1.54) is 0 Å². The average molecular weight is 189 g/mol. The van der Waals surface area contributed by atoms with E-state index in [2.05, 4.69) is 6.92 Å². The molecule has 0 aromatic heterocycles. The number of unbranched alkanes of at least 4 members (excludes halogenated alkanes) is 1. The highest BCUT2D eigenvalue weighted by atomic mass is 16.7. The van der Waals surface area contributed by atoms with Gasteiger partial charge in [0.1, 0.15) is 0 Å². The third-order valence-electron chi connectivity index (χ3n) is 1.55. The first-order valence-electron chi connectivity index (χ1n) is 4.68. The summed E-state index contributed by atoms with van der Waals surface area (Å²) in [6.45, 7) is 4.95. The Labute approximate surface area is 79.4 Å². The molecule has 0 fully saturated rings. The second-order valence-corrected chi connectivity index (χ2v) is 2.88. The first-order valence-corrected chi connectivity index (χ1v) is 4.68. The Morgan fingerprint density at radius 1 is 1.38 bits per heavy atom. The van der Waals surface area contributed by atoms with Crippen molar-refractivity contribution in [3.63, 3.8) is 0 Å². The molecule has 0 aliphatic rings. The van der Waals surface area contributed by atoms with Gasteiger partial charge in [0.2, 0.25) is 5.91 Å². The van der Waals surface area contributed by atoms with Crippen LogP contribution in [0, 0.1) is 0 Å². The minimum Gasteiger partial charge on any atom is -0.370 e. The van der Waals surface area contributed by atoms with Crippen molar-refractivity contribution < 1.29 is 14.3 Å². The summed E-state index contributed by atoms with van der Waals surface area (Å²) >= 11 is 0. The molecule has 0 radical (unpaired) electrons. The first-order chi connectivity index (χ1) is 6.16. The fourth-order valence-electron chi connectivity index (χ4n) is 0.767. The number of primary amides is 1. The molecule has 0 aromatic carbocycles. The third kappa shape index (κ3) is 9.30. The molecule has 13 heavy (non-hydrogen) atoms. The predicted octanol–water partition coefficient (Wildman–Crippen LogP) is 1.04. The van der Waals surface area contributed by atoms with Crippen molar-refractivity contribution in [1.82, 2.24) is 0 Å². The standard InChI is InChI=1S/C9H19NO3/c1-3-4-6-12-8(2)13-7-5-9(10)11/h8H,3-7H2,1-2H3,(H2,10,11). The van der Waals surface area contributed by atoms with E-state index in [-0.39, 0.29) is 18.6 Å². The van der Waals surface area contributed by atoms with Gasteiger partial charge in [-0.2, -0.15) is 0 Å². The zero-order chi connectivity index (χ0) is 10.1. The zero-order valence-electron chi connectivity index (χ0n) is 8.41. The van der Waals surface area contributed by atoms with Crippen molar-refractivity contribution in [1.29, 1.82) is 0 Å². The van der Waals surface area contributed by atoms with E-state index in [0.717, 1.165) is 12.8 Å². The first kappa shape index (κ1) is 12.4. The average Bonchev–Trinajstić information content (AvgIpc) is 2.04. The van der Waals surface area contributed by atoms with E-state index in [4.69, 9.17) is 15.2 Å². The van der Waals surface area contributed by atoms with Gasteiger partial charge in [-0.25, -0.2) is 0 Å². The number of amides is 1. The van der Waals surface area contributed by atoms with Gasteiger partial charge in [-0.05, 0) is 13.3 Å². The molecule has 0 saturated heterocycles. The van der Waals surface area contributed by atoms with Gasteiger partial charge in [-0.1, -0.05) is 13.3 Å². The summed E-state index contributed by atoms with van der Waals surface area (Å²) in [6, 6.07) is 0. The summed E-state index contributed by atoms with van der Waals surface area (Å²) in [5, 5.41) is 0. The number of carbonyl (C=O) groups is 1.